The summed E-state index contributed by atoms with van der Waals surface area (Å²) in [5.41, 5.74) is 8.97. The van der Waals surface area contributed by atoms with Gasteiger partial charge in [-0.2, -0.15) is 0 Å². The second-order valence-corrected chi connectivity index (χ2v) is 3.55. The Morgan fingerprint density at radius 1 is 1.27 bits per heavy atom. The molecule has 0 unspecified atom stereocenters. The molecule has 0 aliphatic rings. The Bertz CT molecular complexity index is 452. The molecular formula is C12H13N3. The zero-order chi connectivity index (χ0) is 10.7. The van der Waals surface area contributed by atoms with Crippen LogP contribution in [0.4, 0.5) is 5.82 Å². The van der Waals surface area contributed by atoms with E-state index in [9.17, 15) is 0 Å². The molecule has 2 rings (SSSR count). The fourth-order valence-electron chi connectivity index (χ4n) is 1.48. The molecule has 3 nitrogen and oxygen atoms in total. The van der Waals surface area contributed by atoms with Crippen LogP contribution in [0.25, 0.3) is 0 Å². The van der Waals surface area contributed by atoms with Crippen LogP contribution in [0.2, 0.25) is 0 Å². The number of nitrogens with zero attached hydrogens (tertiary/aromatic N) is 2. The van der Waals surface area contributed by atoms with Crippen LogP contribution in [-0.4, -0.2) is 9.97 Å². The molecule has 0 amide bonds. The maximum absolute atomic E-state index is 5.80. The lowest BCUT2D eigenvalue weighted by Crippen LogP contribution is -2.00. The van der Waals surface area contributed by atoms with Gasteiger partial charge >= 0.3 is 0 Å². The van der Waals surface area contributed by atoms with Gasteiger partial charge in [0.1, 0.15) is 5.82 Å². The normalized spacial score (nSPS) is 10.2. The first-order chi connectivity index (χ1) is 7.25. The number of pyridine rings is 2. The number of aryl methyl sites for hydroxylation is 1. The highest BCUT2D eigenvalue weighted by atomic mass is 14.8. The third-order valence-electron chi connectivity index (χ3n) is 2.24. The van der Waals surface area contributed by atoms with E-state index in [0.29, 0.717) is 5.82 Å². The van der Waals surface area contributed by atoms with E-state index in [1.165, 1.54) is 0 Å². The molecule has 0 saturated carbocycles. The molecule has 0 saturated heterocycles. The molecular weight excluding hydrogens is 186 g/mol. The van der Waals surface area contributed by atoms with Crippen LogP contribution in [0.15, 0.2) is 36.7 Å². The Labute approximate surface area is 89.0 Å². The van der Waals surface area contributed by atoms with Crippen molar-refractivity contribution in [1.82, 2.24) is 9.97 Å². The zero-order valence-corrected chi connectivity index (χ0v) is 8.64. The summed E-state index contributed by atoms with van der Waals surface area (Å²) in [7, 11) is 0. The molecule has 0 aliphatic carbocycles. The highest BCUT2D eigenvalue weighted by Gasteiger charge is 2.02. The van der Waals surface area contributed by atoms with Crippen LogP contribution in [-0.2, 0) is 6.42 Å². The summed E-state index contributed by atoms with van der Waals surface area (Å²) in [4.78, 5) is 8.39. The van der Waals surface area contributed by atoms with E-state index in [1.807, 2.05) is 25.1 Å². The molecule has 0 spiro atoms. The lowest BCUT2D eigenvalue weighted by atomic mass is 10.1. The van der Waals surface area contributed by atoms with E-state index in [0.717, 1.165) is 23.2 Å². The fraction of sp³-hybridized carbons (Fsp3) is 0.167. The van der Waals surface area contributed by atoms with Gasteiger partial charge in [-0.3, -0.25) is 4.98 Å². The largest absolute Gasteiger partial charge is 0.383 e. The second kappa shape index (κ2) is 4.09. The number of hydrogen-bond acceptors (Lipinski definition) is 3. The number of nitrogens with two attached hydrogens (primary N) is 1. The van der Waals surface area contributed by atoms with Crippen LogP contribution in [0.5, 0.6) is 0 Å². The quantitative estimate of drug-likeness (QED) is 0.804. The van der Waals surface area contributed by atoms with Crippen molar-refractivity contribution < 1.29 is 0 Å². The molecule has 0 aliphatic heterocycles. The molecule has 2 aromatic rings. The second-order valence-electron chi connectivity index (χ2n) is 3.55. The lowest BCUT2D eigenvalue weighted by molar-refractivity contribution is 1.06. The summed E-state index contributed by atoms with van der Waals surface area (Å²) in [6.07, 6.45) is 4.30. The summed E-state index contributed by atoms with van der Waals surface area (Å²) >= 11 is 0. The summed E-state index contributed by atoms with van der Waals surface area (Å²) in [6, 6.07) is 7.92. The Morgan fingerprint density at radius 3 is 2.87 bits per heavy atom. The Balaban J connectivity index is 2.28. The van der Waals surface area contributed by atoms with E-state index < -0.39 is 0 Å². The number of hydrogen-bond donors (Lipinski definition) is 1. The highest BCUT2D eigenvalue weighted by Crippen LogP contribution is 2.14. The average Bonchev–Trinajstić information content (AvgIpc) is 2.25. The molecule has 0 radical (unpaired) electrons. The fourth-order valence-corrected chi connectivity index (χ4v) is 1.48. The summed E-state index contributed by atoms with van der Waals surface area (Å²) in [5, 5.41) is 0. The van der Waals surface area contributed by atoms with Gasteiger partial charge in [-0.25, -0.2) is 4.98 Å². The summed E-state index contributed by atoms with van der Waals surface area (Å²) < 4.78 is 0. The molecule has 0 fully saturated rings. The minimum atomic E-state index is 0.589. The van der Waals surface area contributed by atoms with Gasteiger partial charge in [0.25, 0.3) is 0 Å². The molecule has 76 valence electrons. The number of aromatic nitrogens is 2. The monoisotopic (exact) mass is 199 g/mol. The Morgan fingerprint density at radius 2 is 2.13 bits per heavy atom. The van der Waals surface area contributed by atoms with E-state index in [1.54, 1.807) is 12.4 Å². The van der Waals surface area contributed by atoms with Gasteiger partial charge in [-0.15, -0.1) is 0 Å². The SMILES string of the molecule is Cc1cnc(N)c(Cc2ccccn2)c1. The van der Waals surface area contributed by atoms with Crippen molar-refractivity contribution in [2.24, 2.45) is 0 Å². The summed E-state index contributed by atoms with van der Waals surface area (Å²) in [6.45, 7) is 2.01. The van der Waals surface area contributed by atoms with E-state index in [4.69, 9.17) is 5.73 Å². The highest BCUT2D eigenvalue weighted by molar-refractivity contribution is 5.42. The number of rotatable bonds is 2. The van der Waals surface area contributed by atoms with Gasteiger partial charge in [0.05, 0.1) is 0 Å². The summed E-state index contributed by atoms with van der Waals surface area (Å²) in [5.74, 6) is 0.589. The van der Waals surface area contributed by atoms with Crippen molar-refractivity contribution in [1.29, 1.82) is 0 Å². The van der Waals surface area contributed by atoms with Crippen molar-refractivity contribution in [3.63, 3.8) is 0 Å². The van der Waals surface area contributed by atoms with Gasteiger partial charge in [0.15, 0.2) is 0 Å². The van der Waals surface area contributed by atoms with Crippen LogP contribution in [0, 0.1) is 6.92 Å². The van der Waals surface area contributed by atoms with Crippen molar-refractivity contribution in [2.45, 2.75) is 13.3 Å². The zero-order valence-electron chi connectivity index (χ0n) is 8.64. The Hall–Kier alpha value is -1.90. The van der Waals surface area contributed by atoms with Crippen LogP contribution in [0.1, 0.15) is 16.8 Å². The molecule has 2 N–H and O–H groups in total. The van der Waals surface area contributed by atoms with Crippen LogP contribution >= 0.6 is 0 Å². The average molecular weight is 199 g/mol. The molecule has 0 atom stereocenters. The minimum absolute atomic E-state index is 0.589. The van der Waals surface area contributed by atoms with Crippen molar-refractivity contribution in [2.75, 3.05) is 5.73 Å². The minimum Gasteiger partial charge on any atom is -0.383 e. The van der Waals surface area contributed by atoms with E-state index in [2.05, 4.69) is 16.0 Å². The molecule has 2 aromatic heterocycles. The standard InChI is InChI=1S/C12H13N3/c1-9-6-10(12(13)15-8-9)7-11-4-2-3-5-14-11/h2-6,8H,7H2,1H3,(H2,13,15). The van der Waals surface area contributed by atoms with Gasteiger partial charge < -0.3 is 5.73 Å². The molecule has 15 heavy (non-hydrogen) atoms. The molecule has 3 heteroatoms. The van der Waals surface area contributed by atoms with Gasteiger partial charge in [-0.05, 0) is 24.6 Å². The van der Waals surface area contributed by atoms with E-state index in [-0.39, 0.29) is 0 Å². The first-order valence-electron chi connectivity index (χ1n) is 4.86. The first-order valence-corrected chi connectivity index (χ1v) is 4.86. The topological polar surface area (TPSA) is 51.8 Å². The van der Waals surface area contributed by atoms with E-state index >= 15 is 0 Å². The van der Waals surface area contributed by atoms with Crippen LogP contribution < -0.4 is 5.73 Å². The maximum Gasteiger partial charge on any atom is 0.126 e. The molecule has 0 aromatic carbocycles. The van der Waals surface area contributed by atoms with Crippen LogP contribution in [0.3, 0.4) is 0 Å². The van der Waals surface area contributed by atoms with Crippen molar-refractivity contribution >= 4 is 5.82 Å². The predicted molar refractivity (Wildman–Crippen MR) is 60.4 cm³/mol. The molecule has 2 heterocycles. The van der Waals surface area contributed by atoms with Crippen molar-refractivity contribution in [3.05, 3.63) is 53.5 Å². The molecule has 0 bridgehead atoms. The smallest absolute Gasteiger partial charge is 0.126 e. The lowest BCUT2D eigenvalue weighted by Gasteiger charge is -2.05. The third-order valence-corrected chi connectivity index (χ3v) is 2.24. The third kappa shape index (κ3) is 2.31. The van der Waals surface area contributed by atoms with Crippen molar-refractivity contribution in [3.8, 4) is 0 Å². The van der Waals surface area contributed by atoms with Gasteiger partial charge in [-0.1, -0.05) is 12.1 Å². The Kier molecular flexibility index (Phi) is 2.63. The first kappa shape index (κ1) is 9.65. The van der Waals surface area contributed by atoms with Gasteiger partial charge in [0.2, 0.25) is 0 Å². The number of anilines is 1. The number of nitrogen functional groups attached to an aromatic ring is 1. The maximum atomic E-state index is 5.80. The predicted octanol–water partition coefficient (Wildman–Crippen LogP) is 1.96. The van der Waals surface area contributed by atoms with Gasteiger partial charge in [0, 0.05) is 30.1 Å².